The number of carboxylic acids is 2. The number of hydrogen-bond donors (Lipinski definition) is 5. The quantitative estimate of drug-likeness (QED) is 0.161. The van der Waals surface area contributed by atoms with Crippen molar-refractivity contribution < 1.29 is 55.3 Å². The first-order valence-electron chi connectivity index (χ1n) is 15.1. The average Bonchev–Trinajstić information content (AvgIpc) is 3.67. The molecule has 6 N–H and O–H groups in total. The SMILES string of the molecule is CC(C)n1nc(-c2ccc3[nH]ccc3c2)c2c(N)nc(NC3C=CC=CC3(F)CN3CCOCC3)nc21.O=C(O)C(F)(F)F.O=C(O)C(F)(F)F. The van der Waals surface area contributed by atoms with E-state index in [1.54, 1.807) is 12.2 Å². The minimum absolute atomic E-state index is 0.0356. The van der Waals surface area contributed by atoms with Crippen LogP contribution < -0.4 is 11.1 Å². The van der Waals surface area contributed by atoms with Crippen LogP contribution in [0.3, 0.4) is 0 Å². The molecule has 2 aliphatic rings. The minimum atomic E-state index is -5.08. The number of morpholine rings is 1. The fraction of sp³-hybridized carbons (Fsp3) is 0.387. The van der Waals surface area contributed by atoms with Crippen LogP contribution in [-0.4, -0.2) is 109 Å². The van der Waals surface area contributed by atoms with Crippen LogP contribution in [0.5, 0.6) is 0 Å². The van der Waals surface area contributed by atoms with Crippen LogP contribution in [0.15, 0.2) is 54.8 Å². The van der Waals surface area contributed by atoms with E-state index in [9.17, 15) is 26.3 Å². The second-order valence-corrected chi connectivity index (χ2v) is 11.6. The Bertz CT molecular complexity index is 1890. The lowest BCUT2D eigenvalue weighted by Gasteiger charge is -2.37. The molecule has 51 heavy (non-hydrogen) atoms. The van der Waals surface area contributed by atoms with Crippen LogP contribution in [0.1, 0.15) is 19.9 Å². The number of nitrogens with zero attached hydrogens (tertiary/aromatic N) is 5. The van der Waals surface area contributed by atoms with Crippen LogP contribution in [-0.2, 0) is 14.3 Å². The number of benzene rings is 1. The summed E-state index contributed by atoms with van der Waals surface area (Å²) in [5.74, 6) is -4.94. The average molecular weight is 731 g/mol. The minimum Gasteiger partial charge on any atom is -0.475 e. The number of ether oxygens (including phenoxy) is 1. The number of anilines is 2. The van der Waals surface area contributed by atoms with Crippen molar-refractivity contribution in [1.29, 1.82) is 0 Å². The Kier molecular flexibility index (Phi) is 11.6. The number of hydrogen-bond acceptors (Lipinski definition) is 9. The predicted molar refractivity (Wildman–Crippen MR) is 172 cm³/mol. The van der Waals surface area contributed by atoms with Gasteiger partial charge in [0.2, 0.25) is 5.95 Å². The van der Waals surface area contributed by atoms with E-state index in [2.05, 4.69) is 26.3 Å². The Morgan fingerprint density at radius 3 is 2.27 bits per heavy atom. The number of aromatic nitrogens is 5. The van der Waals surface area contributed by atoms with Gasteiger partial charge < -0.3 is 31.0 Å². The van der Waals surface area contributed by atoms with Gasteiger partial charge in [-0.05, 0) is 38.1 Å². The molecular weight excluding hydrogens is 697 g/mol. The predicted octanol–water partition coefficient (Wildman–Crippen LogP) is 5.35. The monoisotopic (exact) mass is 730 g/mol. The zero-order chi connectivity index (χ0) is 37.7. The molecule has 3 aromatic heterocycles. The van der Waals surface area contributed by atoms with Crippen molar-refractivity contribution in [3.05, 3.63) is 54.8 Å². The molecule has 1 aromatic carbocycles. The molecule has 2 atom stereocenters. The molecule has 276 valence electrons. The summed E-state index contributed by atoms with van der Waals surface area (Å²) in [4.78, 5) is 32.4. The molecule has 1 aliphatic carbocycles. The number of nitrogens with one attached hydrogen (secondary N) is 2. The highest BCUT2D eigenvalue weighted by atomic mass is 19.4. The number of H-pyrrole nitrogens is 1. The van der Waals surface area contributed by atoms with Crippen molar-refractivity contribution in [3.8, 4) is 11.3 Å². The number of rotatable bonds is 6. The van der Waals surface area contributed by atoms with Crippen molar-refractivity contribution >= 4 is 45.6 Å². The molecule has 13 nitrogen and oxygen atoms in total. The van der Waals surface area contributed by atoms with Crippen LogP contribution >= 0.6 is 0 Å². The molecule has 20 heteroatoms. The van der Waals surface area contributed by atoms with E-state index in [1.807, 2.05) is 55.1 Å². The van der Waals surface area contributed by atoms with Crippen LogP contribution in [0.25, 0.3) is 33.2 Å². The van der Waals surface area contributed by atoms with Gasteiger partial charge in [0, 0.05) is 48.3 Å². The summed E-state index contributed by atoms with van der Waals surface area (Å²) < 4.78 is 87.0. The molecule has 0 radical (unpaired) electrons. The number of alkyl halides is 7. The number of allylic oxidation sites excluding steroid dienone is 2. The highest BCUT2D eigenvalue weighted by molar-refractivity contribution is 6.00. The van der Waals surface area contributed by atoms with Gasteiger partial charge in [-0.1, -0.05) is 24.3 Å². The topological polar surface area (TPSA) is 185 Å². The Morgan fingerprint density at radius 2 is 1.69 bits per heavy atom. The number of nitrogens with two attached hydrogens (primary N) is 1. The molecule has 0 amide bonds. The number of aliphatic carboxylic acids is 2. The number of carboxylic acid groups (broad SMARTS) is 2. The van der Waals surface area contributed by atoms with Crippen molar-refractivity contribution in [1.82, 2.24) is 29.6 Å². The zero-order valence-electron chi connectivity index (χ0n) is 27.0. The molecular formula is C31H33F7N8O5. The molecule has 1 saturated heterocycles. The Hall–Kier alpha value is -5.24. The summed E-state index contributed by atoms with van der Waals surface area (Å²) in [5, 5.41) is 24.1. The van der Waals surface area contributed by atoms with E-state index < -0.39 is 36.0 Å². The van der Waals surface area contributed by atoms with E-state index in [4.69, 9.17) is 40.4 Å². The van der Waals surface area contributed by atoms with Gasteiger partial charge in [-0.2, -0.15) is 41.4 Å². The summed E-state index contributed by atoms with van der Waals surface area (Å²) in [5.41, 5.74) is 8.21. The Morgan fingerprint density at radius 1 is 1.06 bits per heavy atom. The molecule has 6 rings (SSSR count). The molecule has 4 heterocycles. The number of fused-ring (bicyclic) bond motifs is 2. The van der Waals surface area contributed by atoms with E-state index in [0.29, 0.717) is 43.2 Å². The molecule has 0 saturated carbocycles. The highest BCUT2D eigenvalue weighted by Crippen LogP contribution is 2.35. The maximum absolute atomic E-state index is 16.3. The molecule has 0 spiro atoms. The van der Waals surface area contributed by atoms with E-state index in [0.717, 1.165) is 22.2 Å². The largest absolute Gasteiger partial charge is 0.490 e. The summed E-state index contributed by atoms with van der Waals surface area (Å²) in [6.45, 7) is 6.97. The fourth-order valence-electron chi connectivity index (χ4n) is 5.11. The standard InChI is InChI=1S/C27H31FN8O.2C2HF3O2/c1-17(2)36-25-22(23(34-36)19-6-7-20-18(15-19)8-10-30-20)24(29)32-26(33-25)31-21-5-3-4-9-27(21,28)16-35-11-13-37-14-12-35;2*3-2(4,5)1(6)7/h3-10,15,17,21,30H,11-14,16H2,1-2H3,(H3,29,31,32,33);2*(H,6,7). The van der Waals surface area contributed by atoms with E-state index in [1.165, 1.54) is 0 Å². The third-order valence-electron chi connectivity index (χ3n) is 7.54. The molecule has 2 unspecified atom stereocenters. The van der Waals surface area contributed by atoms with Gasteiger partial charge in [0.05, 0.1) is 24.6 Å². The normalized spacial score (nSPS) is 19.4. The second-order valence-electron chi connectivity index (χ2n) is 11.6. The van der Waals surface area contributed by atoms with Crippen LogP contribution in [0.4, 0.5) is 42.5 Å². The lowest BCUT2D eigenvalue weighted by atomic mass is 9.91. The summed E-state index contributed by atoms with van der Waals surface area (Å²) in [6.07, 6.45) is -1.26. The van der Waals surface area contributed by atoms with Crippen molar-refractivity contribution in [2.45, 2.75) is 44.0 Å². The summed E-state index contributed by atoms with van der Waals surface area (Å²) in [7, 11) is 0. The van der Waals surface area contributed by atoms with Crippen molar-refractivity contribution in [2.75, 3.05) is 43.9 Å². The molecule has 0 bridgehead atoms. The van der Waals surface area contributed by atoms with Crippen LogP contribution in [0, 0.1) is 0 Å². The summed E-state index contributed by atoms with van der Waals surface area (Å²) >= 11 is 0. The van der Waals surface area contributed by atoms with Gasteiger partial charge >= 0.3 is 24.3 Å². The lowest BCUT2D eigenvalue weighted by molar-refractivity contribution is -0.193. The zero-order valence-corrected chi connectivity index (χ0v) is 27.0. The smallest absolute Gasteiger partial charge is 0.475 e. The third kappa shape index (κ3) is 9.51. The maximum Gasteiger partial charge on any atom is 0.490 e. The first-order chi connectivity index (χ1) is 23.8. The van der Waals surface area contributed by atoms with Gasteiger partial charge in [0.1, 0.15) is 11.5 Å². The lowest BCUT2D eigenvalue weighted by Crippen LogP contribution is -2.52. The van der Waals surface area contributed by atoms with Gasteiger partial charge in [-0.25, -0.2) is 18.7 Å². The molecule has 1 fully saturated rings. The van der Waals surface area contributed by atoms with Crippen molar-refractivity contribution in [3.63, 3.8) is 0 Å². The summed E-state index contributed by atoms with van der Waals surface area (Å²) in [6, 6.07) is 7.52. The molecule has 1 aliphatic heterocycles. The van der Waals surface area contributed by atoms with E-state index in [-0.39, 0.29) is 18.5 Å². The highest BCUT2D eigenvalue weighted by Gasteiger charge is 2.40. The number of carbonyl (C=O) groups is 2. The molecule has 4 aromatic rings. The number of aromatic amines is 1. The van der Waals surface area contributed by atoms with Gasteiger partial charge in [-0.15, -0.1) is 0 Å². The van der Waals surface area contributed by atoms with Crippen molar-refractivity contribution in [2.24, 2.45) is 0 Å². The Balaban J connectivity index is 0.000000353. The van der Waals surface area contributed by atoms with Crippen LogP contribution in [0.2, 0.25) is 0 Å². The third-order valence-corrected chi connectivity index (χ3v) is 7.54. The van der Waals surface area contributed by atoms with Gasteiger partial charge in [-0.3, -0.25) is 4.90 Å². The number of nitrogen functional groups attached to an aromatic ring is 1. The van der Waals surface area contributed by atoms with E-state index >= 15 is 4.39 Å². The van der Waals surface area contributed by atoms with Gasteiger partial charge in [0.25, 0.3) is 0 Å². The maximum atomic E-state index is 16.3. The van der Waals surface area contributed by atoms with Gasteiger partial charge in [0.15, 0.2) is 11.3 Å². The first kappa shape index (κ1) is 38.6. The Labute approximate surface area is 284 Å². The number of halogens is 7. The second kappa shape index (κ2) is 15.3. The fourth-order valence-corrected chi connectivity index (χ4v) is 5.11. The first-order valence-corrected chi connectivity index (χ1v) is 15.1.